The molecule has 2 aromatic carbocycles. The van der Waals surface area contributed by atoms with E-state index in [2.05, 4.69) is 15.0 Å². The van der Waals surface area contributed by atoms with Crippen molar-refractivity contribution in [1.29, 1.82) is 0 Å². The van der Waals surface area contributed by atoms with E-state index < -0.39 is 10.0 Å². The number of hydrogen-bond acceptors (Lipinski definition) is 4. The van der Waals surface area contributed by atoms with Crippen molar-refractivity contribution >= 4 is 21.5 Å². The Hall–Kier alpha value is -2.93. The Morgan fingerprint density at radius 2 is 1.79 bits per heavy atom. The van der Waals surface area contributed by atoms with Crippen LogP contribution in [0.25, 0.3) is 0 Å². The summed E-state index contributed by atoms with van der Waals surface area (Å²) in [5, 5.41) is 3.15. The Balaban J connectivity index is 1.61. The molecule has 3 aromatic rings. The van der Waals surface area contributed by atoms with E-state index in [1.807, 2.05) is 13.8 Å². The third-order valence-electron chi connectivity index (χ3n) is 4.47. The molecule has 0 atom stereocenters. The van der Waals surface area contributed by atoms with Gasteiger partial charge in [-0.1, -0.05) is 24.3 Å². The molecule has 0 unspecified atom stereocenters. The van der Waals surface area contributed by atoms with Gasteiger partial charge in [0.1, 0.15) is 11.6 Å². The zero-order valence-corrected chi connectivity index (χ0v) is 16.6. The minimum absolute atomic E-state index is 0.199. The molecule has 7 heteroatoms. The van der Waals surface area contributed by atoms with E-state index in [9.17, 15) is 12.8 Å². The summed E-state index contributed by atoms with van der Waals surface area (Å²) in [5.74, 6) is 0.0106. The molecule has 0 bridgehead atoms. The van der Waals surface area contributed by atoms with E-state index in [4.69, 9.17) is 0 Å². The van der Waals surface area contributed by atoms with Gasteiger partial charge in [0.2, 0.25) is 0 Å². The molecule has 0 aliphatic heterocycles. The highest BCUT2D eigenvalue weighted by molar-refractivity contribution is 7.92. The van der Waals surface area contributed by atoms with E-state index in [0.717, 1.165) is 16.8 Å². The number of hydrogen-bond donors (Lipinski definition) is 2. The fraction of sp³-hybridized carbons (Fsp3) is 0.190. The van der Waals surface area contributed by atoms with Crippen LogP contribution in [-0.4, -0.2) is 19.9 Å². The van der Waals surface area contributed by atoms with Crippen molar-refractivity contribution in [2.24, 2.45) is 0 Å². The van der Waals surface area contributed by atoms with Crippen molar-refractivity contribution in [3.63, 3.8) is 0 Å². The van der Waals surface area contributed by atoms with E-state index >= 15 is 0 Å². The van der Waals surface area contributed by atoms with Crippen LogP contribution in [0.2, 0.25) is 0 Å². The second-order valence-corrected chi connectivity index (χ2v) is 8.23. The summed E-state index contributed by atoms with van der Waals surface area (Å²) in [7, 11) is -3.70. The summed E-state index contributed by atoms with van der Waals surface area (Å²) < 4.78 is 41.1. The normalized spacial score (nSPS) is 11.2. The number of halogens is 1. The fourth-order valence-corrected chi connectivity index (χ4v) is 3.77. The molecule has 0 saturated heterocycles. The largest absolute Gasteiger partial charge is 0.383 e. The minimum Gasteiger partial charge on any atom is -0.383 e. The Morgan fingerprint density at radius 3 is 2.46 bits per heavy atom. The number of sulfonamides is 1. The van der Waals surface area contributed by atoms with Gasteiger partial charge in [-0.05, 0) is 67.3 Å². The summed E-state index contributed by atoms with van der Waals surface area (Å²) in [6, 6.07) is 15.0. The molecule has 0 spiro atoms. The highest BCUT2D eigenvalue weighted by Gasteiger charge is 2.15. The Labute approximate surface area is 164 Å². The van der Waals surface area contributed by atoms with E-state index in [1.165, 1.54) is 6.07 Å². The fourth-order valence-electron chi connectivity index (χ4n) is 2.68. The van der Waals surface area contributed by atoms with Crippen molar-refractivity contribution < 1.29 is 12.8 Å². The van der Waals surface area contributed by atoms with E-state index in [0.29, 0.717) is 18.5 Å². The molecule has 1 aromatic heterocycles. The molecule has 0 saturated carbocycles. The number of pyridine rings is 1. The van der Waals surface area contributed by atoms with Gasteiger partial charge in [0, 0.05) is 6.54 Å². The highest BCUT2D eigenvalue weighted by Crippen LogP contribution is 2.19. The molecule has 0 aliphatic rings. The first-order valence-corrected chi connectivity index (χ1v) is 10.4. The summed E-state index contributed by atoms with van der Waals surface area (Å²) in [6.45, 7) is 4.34. The number of benzene rings is 2. The second kappa shape index (κ2) is 8.39. The number of nitrogens with one attached hydrogen (secondary N) is 2. The van der Waals surface area contributed by atoms with Crippen LogP contribution < -0.4 is 10.0 Å². The molecule has 0 fully saturated rings. The topological polar surface area (TPSA) is 71.1 Å². The van der Waals surface area contributed by atoms with Crippen LogP contribution in [0.1, 0.15) is 16.7 Å². The standard InChI is InChI=1S/C21H22FN3O2S/c1-15-7-9-19(13-16(15)2)28(26,27)25-21-10-8-18(14-24-21)23-12-11-17-5-3-4-6-20(17)22/h3-10,13-14,23H,11-12H2,1-2H3,(H,24,25). The first-order valence-electron chi connectivity index (χ1n) is 8.88. The third kappa shape index (κ3) is 4.86. The predicted octanol–water partition coefficient (Wildman–Crippen LogP) is 4.29. The van der Waals surface area contributed by atoms with Crippen LogP contribution >= 0.6 is 0 Å². The van der Waals surface area contributed by atoms with Gasteiger partial charge in [0.25, 0.3) is 10.0 Å². The summed E-state index contributed by atoms with van der Waals surface area (Å²) in [4.78, 5) is 4.34. The molecule has 2 N–H and O–H groups in total. The van der Waals surface area contributed by atoms with Crippen LogP contribution in [-0.2, 0) is 16.4 Å². The first kappa shape index (κ1) is 19.8. The highest BCUT2D eigenvalue weighted by atomic mass is 32.2. The molecule has 146 valence electrons. The summed E-state index contributed by atoms with van der Waals surface area (Å²) >= 11 is 0. The summed E-state index contributed by atoms with van der Waals surface area (Å²) in [5.41, 5.74) is 3.30. The minimum atomic E-state index is -3.70. The maximum Gasteiger partial charge on any atom is 0.263 e. The first-order chi connectivity index (χ1) is 13.3. The van der Waals surface area contributed by atoms with Crippen LogP contribution in [0, 0.1) is 19.7 Å². The quantitative estimate of drug-likeness (QED) is 0.622. The van der Waals surface area contributed by atoms with Crippen molar-refractivity contribution in [1.82, 2.24) is 4.98 Å². The smallest absolute Gasteiger partial charge is 0.263 e. The van der Waals surface area contributed by atoms with Gasteiger partial charge in [0.15, 0.2) is 0 Å². The average Bonchev–Trinajstić information content (AvgIpc) is 2.66. The second-order valence-electron chi connectivity index (χ2n) is 6.55. The molecule has 28 heavy (non-hydrogen) atoms. The maximum atomic E-state index is 13.6. The van der Waals surface area contributed by atoms with Crippen LogP contribution in [0.4, 0.5) is 15.9 Å². The molecule has 0 radical (unpaired) electrons. The predicted molar refractivity (Wildman–Crippen MR) is 110 cm³/mol. The molecule has 0 aliphatic carbocycles. The van der Waals surface area contributed by atoms with Crippen LogP contribution in [0.5, 0.6) is 0 Å². The zero-order valence-electron chi connectivity index (χ0n) is 15.7. The maximum absolute atomic E-state index is 13.6. The van der Waals surface area contributed by atoms with E-state index in [1.54, 1.807) is 54.7 Å². The summed E-state index contributed by atoms with van der Waals surface area (Å²) in [6.07, 6.45) is 2.08. The van der Waals surface area contributed by atoms with Gasteiger partial charge >= 0.3 is 0 Å². The van der Waals surface area contributed by atoms with Crippen LogP contribution in [0.15, 0.2) is 65.7 Å². The van der Waals surface area contributed by atoms with Gasteiger partial charge in [-0.15, -0.1) is 0 Å². The van der Waals surface area contributed by atoms with Gasteiger partial charge in [-0.2, -0.15) is 0 Å². The molecule has 1 heterocycles. The Kier molecular flexibility index (Phi) is 5.94. The Morgan fingerprint density at radius 1 is 1.00 bits per heavy atom. The molecular weight excluding hydrogens is 377 g/mol. The van der Waals surface area contributed by atoms with Crippen LogP contribution in [0.3, 0.4) is 0 Å². The lowest BCUT2D eigenvalue weighted by atomic mass is 10.1. The van der Waals surface area contributed by atoms with Gasteiger partial charge < -0.3 is 5.32 Å². The molecular formula is C21H22FN3O2S. The lowest BCUT2D eigenvalue weighted by molar-refractivity contribution is 0.601. The molecule has 0 amide bonds. The van der Waals surface area contributed by atoms with Crippen molar-refractivity contribution in [3.8, 4) is 0 Å². The van der Waals surface area contributed by atoms with Gasteiger partial charge in [-0.25, -0.2) is 17.8 Å². The van der Waals surface area contributed by atoms with Gasteiger partial charge in [0.05, 0.1) is 16.8 Å². The number of anilines is 2. The van der Waals surface area contributed by atoms with Crippen molar-refractivity contribution in [2.75, 3.05) is 16.6 Å². The third-order valence-corrected chi connectivity index (χ3v) is 5.82. The lowest BCUT2D eigenvalue weighted by Gasteiger charge is -2.10. The molecule has 3 rings (SSSR count). The average molecular weight is 399 g/mol. The number of rotatable bonds is 7. The Bertz CT molecular complexity index is 1070. The SMILES string of the molecule is Cc1ccc(S(=O)(=O)Nc2ccc(NCCc3ccccc3F)cn2)cc1C. The zero-order chi connectivity index (χ0) is 20.1. The number of aromatic nitrogens is 1. The van der Waals surface area contributed by atoms with E-state index in [-0.39, 0.29) is 16.5 Å². The van der Waals surface area contributed by atoms with Gasteiger partial charge in [-0.3, -0.25) is 4.72 Å². The monoisotopic (exact) mass is 399 g/mol. The number of aryl methyl sites for hydroxylation is 2. The number of nitrogens with zero attached hydrogens (tertiary/aromatic N) is 1. The van der Waals surface area contributed by atoms with Crippen molar-refractivity contribution in [2.45, 2.75) is 25.2 Å². The lowest BCUT2D eigenvalue weighted by Crippen LogP contribution is -2.14. The van der Waals surface area contributed by atoms with Crippen molar-refractivity contribution in [3.05, 3.63) is 83.3 Å². The molecule has 5 nitrogen and oxygen atoms in total.